The van der Waals surface area contributed by atoms with Crippen LogP contribution in [0, 0.1) is 11.8 Å². The summed E-state index contributed by atoms with van der Waals surface area (Å²) in [4.78, 5) is 24.4. The minimum Gasteiger partial charge on any atom is -0.464 e. The summed E-state index contributed by atoms with van der Waals surface area (Å²) in [6.07, 6.45) is 0. The molecule has 0 saturated carbocycles. The van der Waals surface area contributed by atoms with Gasteiger partial charge in [0, 0.05) is 12.5 Å². The maximum atomic E-state index is 11.8. The zero-order valence-corrected chi connectivity index (χ0v) is 10.5. The average Bonchev–Trinajstić information content (AvgIpc) is 2.54. The number of alkyl halides is 1. The third-order valence-corrected chi connectivity index (χ3v) is 3.38. The highest BCUT2D eigenvalue weighted by Crippen LogP contribution is 2.31. The van der Waals surface area contributed by atoms with Crippen molar-refractivity contribution in [1.82, 2.24) is 4.90 Å². The molecule has 0 aliphatic carbocycles. The number of rotatable bonds is 3. The molecule has 1 heterocycles. The van der Waals surface area contributed by atoms with Gasteiger partial charge in [0.25, 0.3) is 0 Å². The van der Waals surface area contributed by atoms with E-state index in [-0.39, 0.29) is 23.4 Å². The molecule has 0 aromatic rings. The van der Waals surface area contributed by atoms with Gasteiger partial charge in [-0.15, -0.1) is 11.6 Å². The van der Waals surface area contributed by atoms with Crippen LogP contribution >= 0.6 is 11.6 Å². The second-order valence-corrected chi connectivity index (χ2v) is 4.67. The van der Waals surface area contributed by atoms with E-state index >= 15 is 0 Å². The van der Waals surface area contributed by atoms with Crippen LogP contribution in [0.4, 0.5) is 0 Å². The first-order valence-corrected chi connectivity index (χ1v) is 5.56. The molecule has 0 N–H and O–H groups in total. The van der Waals surface area contributed by atoms with Gasteiger partial charge in [0.05, 0.1) is 7.11 Å². The standard InChI is InChI=1S/C11H16ClNO3/c1-6(2)8-5-13(10(14)9(8)12)7(3)11(15)16-4/h6,8-9H,3,5H2,1-2,4H3. The van der Waals surface area contributed by atoms with E-state index in [9.17, 15) is 9.59 Å². The van der Waals surface area contributed by atoms with Crippen molar-refractivity contribution in [1.29, 1.82) is 0 Å². The first-order valence-electron chi connectivity index (χ1n) is 5.12. The molecule has 2 unspecified atom stereocenters. The van der Waals surface area contributed by atoms with Crippen LogP contribution in [0.25, 0.3) is 0 Å². The highest BCUT2D eigenvalue weighted by Gasteiger charge is 2.42. The number of halogens is 1. The number of esters is 1. The van der Waals surface area contributed by atoms with E-state index in [1.54, 1.807) is 0 Å². The number of methoxy groups -OCH3 is 1. The van der Waals surface area contributed by atoms with E-state index in [1.807, 2.05) is 13.8 Å². The number of hydrogen-bond acceptors (Lipinski definition) is 3. The van der Waals surface area contributed by atoms with Gasteiger partial charge >= 0.3 is 5.97 Å². The van der Waals surface area contributed by atoms with Gasteiger partial charge in [0.1, 0.15) is 11.1 Å². The lowest BCUT2D eigenvalue weighted by Crippen LogP contribution is -2.30. The summed E-state index contributed by atoms with van der Waals surface area (Å²) in [6, 6.07) is 0. The van der Waals surface area contributed by atoms with Crippen LogP contribution in [0.3, 0.4) is 0 Å². The first kappa shape index (κ1) is 13.0. The predicted octanol–water partition coefficient (Wildman–Crippen LogP) is 1.39. The maximum absolute atomic E-state index is 11.8. The van der Waals surface area contributed by atoms with E-state index in [0.717, 1.165) is 0 Å². The molecule has 1 amide bonds. The second-order valence-electron chi connectivity index (χ2n) is 4.20. The molecule has 1 fully saturated rings. The predicted molar refractivity (Wildman–Crippen MR) is 60.8 cm³/mol. The molecule has 16 heavy (non-hydrogen) atoms. The van der Waals surface area contributed by atoms with E-state index in [1.165, 1.54) is 12.0 Å². The molecule has 0 aromatic carbocycles. The summed E-state index contributed by atoms with van der Waals surface area (Å²) in [5, 5.41) is -0.582. The molecule has 4 nitrogen and oxygen atoms in total. The van der Waals surface area contributed by atoms with Crippen molar-refractivity contribution in [3.05, 3.63) is 12.3 Å². The molecular weight excluding hydrogens is 230 g/mol. The van der Waals surface area contributed by atoms with Crippen molar-refractivity contribution in [2.75, 3.05) is 13.7 Å². The monoisotopic (exact) mass is 245 g/mol. The van der Waals surface area contributed by atoms with Crippen LogP contribution in [-0.4, -0.2) is 35.8 Å². The molecule has 0 aromatic heterocycles. The summed E-state index contributed by atoms with van der Waals surface area (Å²) in [5.41, 5.74) is 0.0568. The van der Waals surface area contributed by atoms with Crippen LogP contribution in [0.5, 0.6) is 0 Å². The van der Waals surface area contributed by atoms with Gasteiger partial charge in [-0.1, -0.05) is 20.4 Å². The van der Waals surface area contributed by atoms with Crippen LogP contribution in [0.2, 0.25) is 0 Å². The fourth-order valence-corrected chi connectivity index (χ4v) is 2.23. The third kappa shape index (κ3) is 2.21. The lowest BCUT2D eigenvalue weighted by Gasteiger charge is -2.18. The molecule has 90 valence electrons. The summed E-state index contributed by atoms with van der Waals surface area (Å²) < 4.78 is 4.53. The number of carbonyl (C=O) groups excluding carboxylic acids is 2. The normalized spacial score (nSPS) is 25.1. The van der Waals surface area contributed by atoms with Crippen molar-refractivity contribution in [3.63, 3.8) is 0 Å². The van der Waals surface area contributed by atoms with E-state index < -0.39 is 11.3 Å². The summed E-state index contributed by atoms with van der Waals surface area (Å²) in [6.45, 7) is 7.98. The third-order valence-electron chi connectivity index (χ3n) is 2.87. The highest BCUT2D eigenvalue weighted by molar-refractivity contribution is 6.32. The minimum absolute atomic E-state index is 0.0376. The first-order chi connectivity index (χ1) is 7.40. The summed E-state index contributed by atoms with van der Waals surface area (Å²) >= 11 is 6.03. The van der Waals surface area contributed by atoms with Crippen molar-refractivity contribution in [2.45, 2.75) is 19.2 Å². The topological polar surface area (TPSA) is 46.6 Å². The number of ether oxygens (including phenoxy) is 1. The summed E-state index contributed by atoms with van der Waals surface area (Å²) in [5.74, 6) is -0.546. The Kier molecular flexibility index (Phi) is 3.97. The second kappa shape index (κ2) is 4.87. The zero-order valence-electron chi connectivity index (χ0n) is 9.70. The Bertz CT molecular complexity index is 327. The minimum atomic E-state index is -0.596. The largest absolute Gasteiger partial charge is 0.464 e. The molecule has 1 aliphatic rings. The van der Waals surface area contributed by atoms with Gasteiger partial charge in [0.2, 0.25) is 5.91 Å². The quantitative estimate of drug-likeness (QED) is 0.429. The molecular formula is C11H16ClNO3. The Morgan fingerprint density at radius 1 is 1.62 bits per heavy atom. The molecule has 2 atom stereocenters. The van der Waals surface area contributed by atoms with Crippen molar-refractivity contribution in [2.24, 2.45) is 11.8 Å². The van der Waals surface area contributed by atoms with Crippen LogP contribution in [-0.2, 0) is 14.3 Å². The highest BCUT2D eigenvalue weighted by atomic mass is 35.5. The molecule has 1 aliphatic heterocycles. The molecule has 5 heteroatoms. The molecule has 0 radical (unpaired) electrons. The average molecular weight is 246 g/mol. The van der Waals surface area contributed by atoms with Crippen LogP contribution in [0.15, 0.2) is 12.3 Å². The van der Waals surface area contributed by atoms with Crippen LogP contribution in [0.1, 0.15) is 13.8 Å². The van der Waals surface area contributed by atoms with Gasteiger partial charge < -0.3 is 9.64 Å². The molecule has 1 saturated heterocycles. The lowest BCUT2D eigenvalue weighted by molar-refractivity contribution is -0.140. The lowest BCUT2D eigenvalue weighted by atomic mass is 9.95. The van der Waals surface area contributed by atoms with Crippen molar-refractivity contribution < 1.29 is 14.3 Å². The SMILES string of the molecule is C=C(C(=O)OC)N1CC(C(C)C)C(Cl)C1=O. The van der Waals surface area contributed by atoms with Gasteiger partial charge in [-0.05, 0) is 5.92 Å². The molecule has 1 rings (SSSR count). The Hall–Kier alpha value is -1.03. The van der Waals surface area contributed by atoms with Gasteiger partial charge in [-0.3, -0.25) is 4.79 Å². The van der Waals surface area contributed by atoms with Gasteiger partial charge in [-0.2, -0.15) is 0 Å². The number of carbonyl (C=O) groups is 2. The Labute approximate surface area is 100 Å². The summed E-state index contributed by atoms with van der Waals surface area (Å²) in [7, 11) is 1.26. The fraction of sp³-hybridized carbons (Fsp3) is 0.636. The van der Waals surface area contributed by atoms with E-state index in [4.69, 9.17) is 11.6 Å². The number of nitrogens with zero attached hydrogens (tertiary/aromatic N) is 1. The van der Waals surface area contributed by atoms with Crippen LogP contribution < -0.4 is 0 Å². The van der Waals surface area contributed by atoms with Crippen molar-refractivity contribution in [3.8, 4) is 0 Å². The molecule has 0 spiro atoms. The fourth-order valence-electron chi connectivity index (χ4n) is 1.75. The number of hydrogen-bond donors (Lipinski definition) is 0. The number of likely N-dealkylation sites (tertiary alicyclic amines) is 1. The maximum Gasteiger partial charge on any atom is 0.354 e. The smallest absolute Gasteiger partial charge is 0.354 e. The van der Waals surface area contributed by atoms with Crippen molar-refractivity contribution >= 4 is 23.5 Å². The Morgan fingerprint density at radius 3 is 2.56 bits per heavy atom. The van der Waals surface area contributed by atoms with E-state index in [0.29, 0.717) is 6.54 Å². The Balaban J connectivity index is 2.82. The van der Waals surface area contributed by atoms with Gasteiger partial charge in [0.15, 0.2) is 0 Å². The number of amides is 1. The molecule has 0 bridgehead atoms. The van der Waals surface area contributed by atoms with E-state index in [2.05, 4.69) is 11.3 Å². The van der Waals surface area contributed by atoms with Gasteiger partial charge in [-0.25, -0.2) is 4.79 Å². The zero-order chi connectivity index (χ0) is 12.5. The Morgan fingerprint density at radius 2 is 2.19 bits per heavy atom.